The Balaban J connectivity index is 2.29. The maximum Gasteiger partial charge on any atom is 0.242 e. The minimum Gasteiger partial charge on any atom is -0.397 e. The predicted octanol–water partition coefficient (Wildman–Crippen LogP) is 0.726. The van der Waals surface area contributed by atoms with Crippen LogP contribution in [0.2, 0.25) is 0 Å². The first kappa shape index (κ1) is 16.1. The van der Waals surface area contributed by atoms with Crippen LogP contribution in [0, 0.1) is 5.92 Å². The molecule has 0 radical (unpaired) electrons. The number of aliphatic hydroxyl groups excluding tert-OH is 1. The highest BCUT2D eigenvalue weighted by Crippen LogP contribution is 2.30. The van der Waals surface area contributed by atoms with E-state index in [0.29, 0.717) is 18.7 Å². The lowest BCUT2D eigenvalue weighted by molar-refractivity contribution is 0.0971. The number of piperidine rings is 1. The van der Waals surface area contributed by atoms with E-state index < -0.39 is 10.0 Å². The maximum absolute atomic E-state index is 12.1. The average Bonchev–Trinajstić information content (AvgIpc) is 2.41. The molecule has 1 heterocycles. The van der Waals surface area contributed by atoms with Gasteiger partial charge in [0.25, 0.3) is 0 Å². The Morgan fingerprint density at radius 1 is 1.38 bits per heavy atom. The number of benzene rings is 1. The normalized spacial score (nSPS) is 23.6. The molecule has 2 atom stereocenters. The van der Waals surface area contributed by atoms with E-state index in [9.17, 15) is 13.5 Å². The van der Waals surface area contributed by atoms with Crippen molar-refractivity contribution in [1.82, 2.24) is 4.31 Å². The second-order valence-corrected chi connectivity index (χ2v) is 7.94. The van der Waals surface area contributed by atoms with Gasteiger partial charge in [-0.1, -0.05) is 6.92 Å². The number of rotatable bonds is 3. The highest BCUT2D eigenvalue weighted by atomic mass is 32.2. The Morgan fingerprint density at radius 3 is 2.57 bits per heavy atom. The molecule has 0 aliphatic carbocycles. The average molecular weight is 313 g/mol. The second kappa shape index (κ2) is 5.82. The van der Waals surface area contributed by atoms with Crippen LogP contribution in [0.25, 0.3) is 0 Å². The summed E-state index contributed by atoms with van der Waals surface area (Å²) in [4.78, 5) is 2.29. The minimum atomic E-state index is -3.47. The first-order valence-corrected chi connectivity index (χ1v) is 8.42. The molecular weight excluding hydrogens is 290 g/mol. The molecule has 0 spiro atoms. The van der Waals surface area contributed by atoms with Crippen LogP contribution in [0.3, 0.4) is 0 Å². The van der Waals surface area contributed by atoms with Crippen LogP contribution in [0.5, 0.6) is 0 Å². The van der Waals surface area contributed by atoms with Gasteiger partial charge >= 0.3 is 0 Å². The third-order valence-electron chi connectivity index (χ3n) is 3.98. The Bertz CT molecular complexity index is 616. The standard InChI is InChI=1S/C14H23N3O3S/c1-10-9-17(7-6-14(10)18)13-5-4-11(8-12(13)15)21(19,20)16(2)3/h4-5,8,10,14,18H,6-7,9,15H2,1-3H3. The number of sulfonamides is 1. The van der Waals surface area contributed by atoms with Crippen LogP contribution in [-0.4, -0.2) is 51.1 Å². The zero-order valence-corrected chi connectivity index (χ0v) is 13.5. The van der Waals surface area contributed by atoms with Crippen molar-refractivity contribution in [3.05, 3.63) is 18.2 Å². The fourth-order valence-electron chi connectivity index (χ4n) is 2.54. The molecule has 1 saturated heterocycles. The van der Waals surface area contributed by atoms with Crippen LogP contribution >= 0.6 is 0 Å². The molecule has 0 saturated carbocycles. The van der Waals surface area contributed by atoms with Crippen LogP contribution in [0.1, 0.15) is 13.3 Å². The van der Waals surface area contributed by atoms with Crippen LogP contribution in [0.15, 0.2) is 23.1 Å². The summed E-state index contributed by atoms with van der Waals surface area (Å²) >= 11 is 0. The van der Waals surface area contributed by atoms with E-state index in [1.807, 2.05) is 6.92 Å². The molecule has 7 heteroatoms. The van der Waals surface area contributed by atoms with E-state index in [1.54, 1.807) is 12.1 Å². The van der Waals surface area contributed by atoms with Crippen molar-refractivity contribution in [3.63, 3.8) is 0 Å². The van der Waals surface area contributed by atoms with E-state index >= 15 is 0 Å². The molecule has 2 rings (SSSR count). The molecule has 21 heavy (non-hydrogen) atoms. The zero-order chi connectivity index (χ0) is 15.8. The highest BCUT2D eigenvalue weighted by molar-refractivity contribution is 7.89. The lowest BCUT2D eigenvalue weighted by Crippen LogP contribution is -2.42. The van der Waals surface area contributed by atoms with Crippen molar-refractivity contribution in [1.29, 1.82) is 0 Å². The molecule has 1 aliphatic rings. The predicted molar refractivity (Wildman–Crippen MR) is 83.7 cm³/mol. The smallest absolute Gasteiger partial charge is 0.242 e. The molecule has 0 aromatic heterocycles. The number of nitrogens with two attached hydrogens (primary N) is 1. The number of hydrogen-bond donors (Lipinski definition) is 2. The number of nitrogen functional groups attached to an aromatic ring is 1. The van der Waals surface area contributed by atoms with Crippen molar-refractivity contribution in [2.45, 2.75) is 24.3 Å². The molecule has 0 bridgehead atoms. The molecule has 3 N–H and O–H groups in total. The van der Waals surface area contributed by atoms with Gasteiger partial charge in [0.15, 0.2) is 0 Å². The number of nitrogens with zero attached hydrogens (tertiary/aromatic N) is 2. The van der Waals surface area contributed by atoms with E-state index in [2.05, 4.69) is 4.90 Å². The Morgan fingerprint density at radius 2 is 2.05 bits per heavy atom. The largest absolute Gasteiger partial charge is 0.397 e. The third kappa shape index (κ3) is 3.14. The first-order chi connectivity index (χ1) is 9.73. The summed E-state index contributed by atoms with van der Waals surface area (Å²) < 4.78 is 25.3. The maximum atomic E-state index is 12.1. The SMILES string of the molecule is CC1CN(c2ccc(S(=O)(=O)N(C)C)cc2N)CCC1O. The van der Waals surface area contributed by atoms with Gasteiger partial charge in [-0.05, 0) is 30.5 Å². The fourth-order valence-corrected chi connectivity index (χ4v) is 3.48. The summed E-state index contributed by atoms with van der Waals surface area (Å²) in [7, 11) is -0.485. The van der Waals surface area contributed by atoms with Crippen molar-refractivity contribution < 1.29 is 13.5 Å². The zero-order valence-electron chi connectivity index (χ0n) is 12.7. The summed E-state index contributed by atoms with van der Waals surface area (Å²) in [5.74, 6) is 0.170. The third-order valence-corrected chi connectivity index (χ3v) is 5.79. The summed E-state index contributed by atoms with van der Waals surface area (Å²) in [6, 6.07) is 4.83. The second-order valence-electron chi connectivity index (χ2n) is 5.79. The molecule has 1 aromatic rings. The molecule has 118 valence electrons. The molecule has 6 nitrogen and oxygen atoms in total. The molecular formula is C14H23N3O3S. The Hall–Kier alpha value is -1.31. The highest BCUT2D eigenvalue weighted by Gasteiger charge is 2.26. The van der Waals surface area contributed by atoms with Gasteiger partial charge < -0.3 is 15.7 Å². The summed E-state index contributed by atoms with van der Waals surface area (Å²) in [5, 5.41) is 9.78. The van der Waals surface area contributed by atoms with Crippen molar-refractivity contribution in [2.24, 2.45) is 5.92 Å². The van der Waals surface area contributed by atoms with Gasteiger partial charge in [0, 0.05) is 27.2 Å². The molecule has 0 amide bonds. The van der Waals surface area contributed by atoms with Gasteiger partial charge in [-0.2, -0.15) is 0 Å². The lowest BCUT2D eigenvalue weighted by atomic mass is 9.96. The quantitative estimate of drug-likeness (QED) is 0.803. The van der Waals surface area contributed by atoms with Crippen molar-refractivity contribution >= 4 is 21.4 Å². The summed E-state index contributed by atoms with van der Waals surface area (Å²) in [6.07, 6.45) is 0.411. The van der Waals surface area contributed by atoms with Gasteiger partial charge in [-0.15, -0.1) is 0 Å². The molecule has 1 aromatic carbocycles. The van der Waals surface area contributed by atoms with E-state index in [4.69, 9.17) is 5.73 Å². The summed E-state index contributed by atoms with van der Waals surface area (Å²) in [5.41, 5.74) is 7.31. The van der Waals surface area contributed by atoms with Crippen LogP contribution in [-0.2, 0) is 10.0 Å². The van der Waals surface area contributed by atoms with E-state index in [-0.39, 0.29) is 16.9 Å². The van der Waals surface area contributed by atoms with Gasteiger partial charge in [-0.3, -0.25) is 0 Å². The van der Waals surface area contributed by atoms with Gasteiger partial charge in [-0.25, -0.2) is 12.7 Å². The van der Waals surface area contributed by atoms with Crippen molar-refractivity contribution in [3.8, 4) is 0 Å². The van der Waals surface area contributed by atoms with Crippen molar-refractivity contribution in [2.75, 3.05) is 37.8 Å². The summed E-state index contributed by atoms with van der Waals surface area (Å²) in [6.45, 7) is 3.43. The molecule has 2 unspecified atom stereocenters. The van der Waals surface area contributed by atoms with Gasteiger partial charge in [0.2, 0.25) is 10.0 Å². The number of aliphatic hydroxyl groups is 1. The fraction of sp³-hybridized carbons (Fsp3) is 0.571. The van der Waals surface area contributed by atoms with Crippen LogP contribution in [0.4, 0.5) is 11.4 Å². The molecule has 1 fully saturated rings. The first-order valence-electron chi connectivity index (χ1n) is 6.98. The lowest BCUT2D eigenvalue weighted by Gasteiger charge is -2.36. The number of anilines is 2. The molecule has 1 aliphatic heterocycles. The minimum absolute atomic E-state index is 0.170. The van der Waals surface area contributed by atoms with Crippen LogP contribution < -0.4 is 10.6 Å². The Labute approximate surface area is 126 Å². The topological polar surface area (TPSA) is 86.9 Å². The Kier molecular flexibility index (Phi) is 4.46. The monoisotopic (exact) mass is 313 g/mol. The van der Waals surface area contributed by atoms with Gasteiger partial charge in [0.1, 0.15) is 0 Å². The number of hydrogen-bond acceptors (Lipinski definition) is 5. The van der Waals surface area contributed by atoms with E-state index in [0.717, 1.165) is 12.2 Å². The van der Waals surface area contributed by atoms with E-state index in [1.165, 1.54) is 24.5 Å². The van der Waals surface area contributed by atoms with Gasteiger partial charge in [0.05, 0.1) is 22.4 Å².